The number of fused-ring (bicyclic) bond motifs is 1. The van der Waals surface area contributed by atoms with Crippen molar-refractivity contribution in [1.82, 2.24) is 0 Å². The molecule has 0 bridgehead atoms. The molecule has 4 aromatic carbocycles. The van der Waals surface area contributed by atoms with Gasteiger partial charge in [0.1, 0.15) is 11.6 Å². The molecule has 0 atom stereocenters. The SMILES string of the molecule is CCc1ccc(C#Cc2cc(F)c(C#Cc3ccc4c(F)c(F)c(F)cc4c3)c(F)c2)cc1. The molecule has 5 heteroatoms. The average molecular weight is 446 g/mol. The van der Waals surface area contributed by atoms with Gasteiger partial charge in [0.2, 0.25) is 0 Å². The van der Waals surface area contributed by atoms with Crippen LogP contribution in [-0.2, 0) is 6.42 Å². The van der Waals surface area contributed by atoms with E-state index in [1.165, 1.54) is 18.2 Å². The summed E-state index contributed by atoms with van der Waals surface area (Å²) in [4.78, 5) is 0. The minimum Gasteiger partial charge on any atom is -0.205 e. The summed E-state index contributed by atoms with van der Waals surface area (Å²) in [5.74, 6) is 4.62. The van der Waals surface area contributed by atoms with Crippen LogP contribution < -0.4 is 0 Å². The van der Waals surface area contributed by atoms with Gasteiger partial charge in [-0.05, 0) is 59.8 Å². The second-order valence-electron chi connectivity index (χ2n) is 7.29. The molecular formula is C28H15F5. The van der Waals surface area contributed by atoms with E-state index in [9.17, 15) is 22.0 Å². The molecule has 0 saturated carbocycles. The molecule has 0 saturated heterocycles. The van der Waals surface area contributed by atoms with Crippen LogP contribution in [0.15, 0.2) is 60.7 Å². The van der Waals surface area contributed by atoms with E-state index in [0.29, 0.717) is 0 Å². The van der Waals surface area contributed by atoms with Crippen molar-refractivity contribution in [2.24, 2.45) is 0 Å². The van der Waals surface area contributed by atoms with Gasteiger partial charge in [0, 0.05) is 22.1 Å². The predicted molar refractivity (Wildman–Crippen MR) is 118 cm³/mol. The third-order valence-electron chi connectivity index (χ3n) is 5.06. The lowest BCUT2D eigenvalue weighted by atomic mass is 10.1. The molecule has 0 radical (unpaired) electrons. The van der Waals surface area contributed by atoms with Crippen molar-refractivity contribution in [1.29, 1.82) is 0 Å². The van der Waals surface area contributed by atoms with Crippen LogP contribution in [0.3, 0.4) is 0 Å². The molecule has 0 aliphatic rings. The summed E-state index contributed by atoms with van der Waals surface area (Å²) in [6.07, 6.45) is 0.901. The Kier molecular flexibility index (Phi) is 6.16. The molecule has 0 fully saturated rings. The van der Waals surface area contributed by atoms with Crippen LogP contribution in [0.2, 0.25) is 0 Å². The molecule has 33 heavy (non-hydrogen) atoms. The zero-order chi connectivity index (χ0) is 23.5. The van der Waals surface area contributed by atoms with Crippen LogP contribution >= 0.6 is 0 Å². The molecule has 0 N–H and O–H groups in total. The number of hydrogen-bond donors (Lipinski definition) is 0. The van der Waals surface area contributed by atoms with Crippen molar-refractivity contribution in [3.8, 4) is 23.7 Å². The maximum Gasteiger partial charge on any atom is 0.195 e. The van der Waals surface area contributed by atoms with E-state index in [1.807, 2.05) is 31.2 Å². The van der Waals surface area contributed by atoms with Crippen molar-refractivity contribution in [2.45, 2.75) is 13.3 Å². The number of aryl methyl sites for hydroxylation is 1. The molecule has 4 rings (SSSR count). The second-order valence-corrected chi connectivity index (χ2v) is 7.29. The molecule has 162 valence electrons. The quantitative estimate of drug-likeness (QED) is 0.170. The van der Waals surface area contributed by atoms with E-state index in [0.717, 1.165) is 35.7 Å². The first kappa shape index (κ1) is 22.1. The highest BCUT2D eigenvalue weighted by molar-refractivity contribution is 5.84. The summed E-state index contributed by atoms with van der Waals surface area (Å²) in [5.41, 5.74) is 1.85. The number of halogens is 5. The Morgan fingerprint density at radius 1 is 0.576 bits per heavy atom. The zero-order valence-corrected chi connectivity index (χ0v) is 17.4. The topological polar surface area (TPSA) is 0 Å². The van der Waals surface area contributed by atoms with Crippen molar-refractivity contribution in [2.75, 3.05) is 0 Å². The normalized spacial score (nSPS) is 10.4. The van der Waals surface area contributed by atoms with E-state index in [-0.39, 0.29) is 21.9 Å². The van der Waals surface area contributed by atoms with Gasteiger partial charge < -0.3 is 0 Å². The second kappa shape index (κ2) is 9.18. The van der Waals surface area contributed by atoms with Crippen molar-refractivity contribution in [3.05, 3.63) is 118 Å². The minimum absolute atomic E-state index is 0.0803. The molecule has 0 unspecified atom stereocenters. The maximum absolute atomic E-state index is 14.5. The van der Waals surface area contributed by atoms with Gasteiger partial charge in [0.05, 0.1) is 5.56 Å². The molecule has 4 aromatic rings. The first-order valence-electron chi connectivity index (χ1n) is 10.0. The van der Waals surface area contributed by atoms with Crippen LogP contribution in [0.4, 0.5) is 22.0 Å². The highest BCUT2D eigenvalue weighted by Gasteiger charge is 2.13. The van der Waals surface area contributed by atoms with Crippen LogP contribution in [-0.4, -0.2) is 0 Å². The standard InChI is InChI=1S/C28H15F5/c1-2-17-3-5-18(6-4-17)7-8-20-14-24(29)23(25(30)15-20)12-10-19-9-11-22-21(13-19)16-26(31)28(33)27(22)32/h3-6,9,11,13-16H,2H2,1H3. The van der Waals surface area contributed by atoms with Gasteiger partial charge in [-0.1, -0.05) is 48.8 Å². The summed E-state index contributed by atoms with van der Waals surface area (Å²) >= 11 is 0. The monoisotopic (exact) mass is 446 g/mol. The van der Waals surface area contributed by atoms with Gasteiger partial charge in [0.15, 0.2) is 17.5 Å². The Hall–Kier alpha value is -4.09. The van der Waals surface area contributed by atoms with Crippen LogP contribution in [0.5, 0.6) is 0 Å². The van der Waals surface area contributed by atoms with Crippen molar-refractivity contribution in [3.63, 3.8) is 0 Å². The first-order chi connectivity index (χ1) is 15.9. The molecular weight excluding hydrogens is 431 g/mol. The van der Waals surface area contributed by atoms with Crippen molar-refractivity contribution >= 4 is 10.8 Å². The minimum atomic E-state index is -1.56. The van der Waals surface area contributed by atoms with E-state index in [4.69, 9.17) is 0 Å². The number of hydrogen-bond acceptors (Lipinski definition) is 0. The largest absolute Gasteiger partial charge is 0.205 e. The summed E-state index contributed by atoms with van der Waals surface area (Å²) in [5, 5.41) is -0.0409. The first-order valence-corrected chi connectivity index (χ1v) is 10.0. The van der Waals surface area contributed by atoms with E-state index in [1.54, 1.807) is 0 Å². The Morgan fingerprint density at radius 3 is 1.85 bits per heavy atom. The number of rotatable bonds is 1. The van der Waals surface area contributed by atoms with Gasteiger partial charge in [-0.15, -0.1) is 0 Å². The average Bonchev–Trinajstić information content (AvgIpc) is 2.81. The summed E-state index contributed by atoms with van der Waals surface area (Å²) in [6.45, 7) is 2.04. The third kappa shape index (κ3) is 4.73. The molecule has 0 aliphatic carbocycles. The zero-order valence-electron chi connectivity index (χ0n) is 17.4. The lowest BCUT2D eigenvalue weighted by Gasteiger charge is -2.03. The van der Waals surface area contributed by atoms with E-state index in [2.05, 4.69) is 23.7 Å². The lowest BCUT2D eigenvalue weighted by Crippen LogP contribution is -1.93. The molecule has 0 aliphatic heterocycles. The van der Waals surface area contributed by atoms with Crippen LogP contribution in [0.1, 0.15) is 34.7 Å². The van der Waals surface area contributed by atoms with Gasteiger partial charge in [-0.25, -0.2) is 22.0 Å². The van der Waals surface area contributed by atoms with Crippen molar-refractivity contribution < 1.29 is 22.0 Å². The highest BCUT2D eigenvalue weighted by Crippen LogP contribution is 2.24. The van der Waals surface area contributed by atoms with Crippen LogP contribution in [0, 0.1) is 52.8 Å². The predicted octanol–water partition coefficient (Wildman–Crippen LogP) is 6.90. The summed E-state index contributed by atoms with van der Waals surface area (Å²) in [6, 6.07) is 14.5. The van der Waals surface area contributed by atoms with Gasteiger partial charge in [-0.3, -0.25) is 0 Å². The third-order valence-corrected chi connectivity index (χ3v) is 5.06. The van der Waals surface area contributed by atoms with Crippen LogP contribution in [0.25, 0.3) is 10.8 Å². The smallest absolute Gasteiger partial charge is 0.195 e. The molecule has 0 nitrogen and oxygen atoms in total. The summed E-state index contributed by atoms with van der Waals surface area (Å²) in [7, 11) is 0. The van der Waals surface area contributed by atoms with Gasteiger partial charge in [0.25, 0.3) is 0 Å². The Bertz CT molecular complexity index is 1470. The fraction of sp³-hybridized carbons (Fsp3) is 0.0714. The number of benzene rings is 4. The van der Waals surface area contributed by atoms with Gasteiger partial charge >= 0.3 is 0 Å². The Labute approximate surface area is 187 Å². The maximum atomic E-state index is 14.5. The Balaban J connectivity index is 1.63. The molecule has 0 amide bonds. The molecule has 0 aromatic heterocycles. The fourth-order valence-electron chi connectivity index (χ4n) is 3.25. The van der Waals surface area contributed by atoms with E-state index < -0.39 is 34.6 Å². The van der Waals surface area contributed by atoms with E-state index >= 15 is 0 Å². The summed E-state index contributed by atoms with van der Waals surface area (Å²) < 4.78 is 69.7. The molecule has 0 heterocycles. The highest BCUT2D eigenvalue weighted by atomic mass is 19.2. The lowest BCUT2D eigenvalue weighted by molar-refractivity contribution is 0.453. The Morgan fingerprint density at radius 2 is 1.18 bits per heavy atom. The fourth-order valence-corrected chi connectivity index (χ4v) is 3.25. The molecule has 0 spiro atoms. The van der Waals surface area contributed by atoms with Gasteiger partial charge in [-0.2, -0.15) is 0 Å².